The van der Waals surface area contributed by atoms with Gasteiger partial charge in [-0.25, -0.2) is 0 Å². The lowest BCUT2D eigenvalue weighted by molar-refractivity contribution is 0.202. The van der Waals surface area contributed by atoms with E-state index in [9.17, 15) is 5.11 Å². The maximum atomic E-state index is 9.28. The lowest BCUT2D eigenvalue weighted by Crippen LogP contribution is -2.36. The van der Waals surface area contributed by atoms with Crippen LogP contribution in [0.5, 0.6) is 0 Å². The van der Waals surface area contributed by atoms with Crippen LogP contribution in [0.3, 0.4) is 0 Å². The van der Waals surface area contributed by atoms with E-state index in [1.807, 2.05) is 6.07 Å². The Morgan fingerprint density at radius 1 is 1.04 bits per heavy atom. The molecule has 1 aliphatic heterocycles. The van der Waals surface area contributed by atoms with Gasteiger partial charge in [0.1, 0.15) is 0 Å². The van der Waals surface area contributed by atoms with E-state index in [2.05, 4.69) is 53.2 Å². The summed E-state index contributed by atoms with van der Waals surface area (Å²) in [7, 11) is 0. The van der Waals surface area contributed by atoms with Gasteiger partial charge in [-0.05, 0) is 49.3 Å². The quantitative estimate of drug-likeness (QED) is 0.943. The monoisotopic (exact) mass is 311 g/mol. The highest BCUT2D eigenvalue weighted by atomic mass is 16.3. The first-order chi connectivity index (χ1) is 11.2. The van der Waals surface area contributed by atoms with Crippen LogP contribution in [0.1, 0.15) is 35.2 Å². The lowest BCUT2D eigenvalue weighted by atomic mass is 9.97. The summed E-state index contributed by atoms with van der Waals surface area (Å²) < 4.78 is 0. The average molecular weight is 311 g/mol. The van der Waals surface area contributed by atoms with Crippen LogP contribution < -0.4 is 4.90 Å². The number of hydrogen-bond acceptors (Lipinski definition) is 4. The summed E-state index contributed by atoms with van der Waals surface area (Å²) in [5.74, 6) is 1.45. The molecule has 0 atom stereocenters. The molecule has 0 amide bonds. The summed E-state index contributed by atoms with van der Waals surface area (Å²) in [6.45, 7) is 6.50. The fourth-order valence-corrected chi connectivity index (χ4v) is 3.23. The molecule has 1 aromatic carbocycles. The third-order valence-electron chi connectivity index (χ3n) is 4.98. The van der Waals surface area contributed by atoms with Gasteiger partial charge in [0, 0.05) is 26.1 Å². The highest BCUT2D eigenvalue weighted by molar-refractivity contribution is 5.50. The molecule has 1 saturated heterocycles. The second-order valence-corrected chi connectivity index (χ2v) is 6.50. The Kier molecular flexibility index (Phi) is 4.91. The van der Waals surface area contributed by atoms with E-state index in [1.165, 1.54) is 16.7 Å². The summed E-state index contributed by atoms with van der Waals surface area (Å²) in [5.41, 5.74) is 4.79. The topological polar surface area (TPSA) is 49.2 Å². The van der Waals surface area contributed by atoms with Gasteiger partial charge in [-0.15, -0.1) is 5.10 Å². The second-order valence-electron chi connectivity index (χ2n) is 6.50. The van der Waals surface area contributed by atoms with Crippen molar-refractivity contribution in [3.05, 3.63) is 52.7 Å². The van der Waals surface area contributed by atoms with Gasteiger partial charge in [0.05, 0.1) is 5.69 Å². The van der Waals surface area contributed by atoms with Crippen molar-refractivity contribution in [2.75, 3.05) is 24.6 Å². The summed E-state index contributed by atoms with van der Waals surface area (Å²) in [6, 6.07) is 10.4. The van der Waals surface area contributed by atoms with Gasteiger partial charge in [-0.3, -0.25) is 0 Å². The van der Waals surface area contributed by atoms with E-state index in [1.54, 1.807) is 0 Å². The van der Waals surface area contributed by atoms with Crippen LogP contribution in [0.2, 0.25) is 0 Å². The number of aliphatic hydroxyl groups is 1. The largest absolute Gasteiger partial charge is 0.396 e. The Bertz CT molecular complexity index is 649. The number of hydrogen-bond donors (Lipinski definition) is 1. The Balaban J connectivity index is 1.78. The van der Waals surface area contributed by atoms with Crippen molar-refractivity contribution in [3.8, 4) is 0 Å². The number of aliphatic hydroxyl groups excluding tert-OH is 1. The molecule has 0 unspecified atom stereocenters. The van der Waals surface area contributed by atoms with Crippen LogP contribution in [-0.2, 0) is 6.42 Å². The Hall–Kier alpha value is -1.94. The average Bonchev–Trinajstić information content (AvgIpc) is 2.60. The van der Waals surface area contributed by atoms with Crippen molar-refractivity contribution in [1.29, 1.82) is 0 Å². The van der Waals surface area contributed by atoms with Crippen LogP contribution in [0, 0.1) is 19.8 Å². The third kappa shape index (κ3) is 3.53. The van der Waals surface area contributed by atoms with E-state index in [0.717, 1.165) is 43.9 Å². The first-order valence-electron chi connectivity index (χ1n) is 8.41. The highest BCUT2D eigenvalue weighted by Crippen LogP contribution is 2.26. The van der Waals surface area contributed by atoms with Gasteiger partial charge in [-0.1, -0.05) is 30.3 Å². The van der Waals surface area contributed by atoms with Crippen molar-refractivity contribution >= 4 is 5.82 Å². The lowest BCUT2D eigenvalue weighted by Gasteiger charge is -2.33. The molecule has 0 bridgehead atoms. The van der Waals surface area contributed by atoms with Crippen LogP contribution in [0.25, 0.3) is 0 Å². The minimum Gasteiger partial charge on any atom is -0.396 e. The summed E-state index contributed by atoms with van der Waals surface area (Å²) in [5, 5.41) is 18.3. The van der Waals surface area contributed by atoms with Crippen molar-refractivity contribution < 1.29 is 5.11 Å². The smallest absolute Gasteiger partial charge is 0.154 e. The number of benzene rings is 1. The van der Waals surface area contributed by atoms with Crippen molar-refractivity contribution in [2.24, 2.45) is 5.92 Å². The van der Waals surface area contributed by atoms with Gasteiger partial charge in [-0.2, -0.15) is 5.10 Å². The molecule has 4 nitrogen and oxygen atoms in total. The van der Waals surface area contributed by atoms with E-state index >= 15 is 0 Å². The molecule has 1 aliphatic rings. The molecule has 1 N–H and O–H groups in total. The maximum absolute atomic E-state index is 9.28. The predicted octanol–water partition coefficient (Wildman–Crippen LogP) is 2.89. The SMILES string of the molecule is Cc1c(Cc2ccccc2)nnc(N2CCC(CO)CC2)c1C. The molecule has 23 heavy (non-hydrogen) atoms. The van der Waals surface area contributed by atoms with Crippen LogP contribution >= 0.6 is 0 Å². The van der Waals surface area contributed by atoms with Gasteiger partial charge >= 0.3 is 0 Å². The zero-order valence-electron chi connectivity index (χ0n) is 14.0. The third-order valence-corrected chi connectivity index (χ3v) is 4.98. The molecule has 122 valence electrons. The minimum absolute atomic E-state index is 0.299. The molecule has 0 aliphatic carbocycles. The molecule has 3 rings (SSSR count). The van der Waals surface area contributed by atoms with Crippen LogP contribution in [0.15, 0.2) is 30.3 Å². The van der Waals surface area contributed by atoms with Crippen LogP contribution in [0.4, 0.5) is 5.82 Å². The summed E-state index contributed by atoms with van der Waals surface area (Å²) in [6.07, 6.45) is 2.89. The Labute approximate surface area is 138 Å². The number of aromatic nitrogens is 2. The van der Waals surface area contributed by atoms with E-state index in [-0.39, 0.29) is 0 Å². The number of piperidine rings is 1. The molecule has 4 heteroatoms. The molecule has 0 saturated carbocycles. The second kappa shape index (κ2) is 7.09. The Morgan fingerprint density at radius 3 is 2.39 bits per heavy atom. The van der Waals surface area contributed by atoms with Crippen molar-refractivity contribution in [2.45, 2.75) is 33.1 Å². The number of anilines is 1. The van der Waals surface area contributed by atoms with Crippen LogP contribution in [-0.4, -0.2) is 35.0 Å². The molecular weight excluding hydrogens is 286 g/mol. The normalized spacial score (nSPS) is 15.9. The highest BCUT2D eigenvalue weighted by Gasteiger charge is 2.22. The van der Waals surface area contributed by atoms with Crippen molar-refractivity contribution in [1.82, 2.24) is 10.2 Å². The minimum atomic E-state index is 0.299. The molecule has 2 aromatic rings. The van der Waals surface area contributed by atoms with E-state index in [4.69, 9.17) is 0 Å². The van der Waals surface area contributed by atoms with E-state index < -0.39 is 0 Å². The standard InChI is InChI=1S/C19H25N3O/c1-14-15(2)19(22-10-8-17(13-23)9-11-22)21-20-18(14)12-16-6-4-3-5-7-16/h3-7,17,23H,8-13H2,1-2H3. The summed E-state index contributed by atoms with van der Waals surface area (Å²) in [4.78, 5) is 2.31. The predicted molar refractivity (Wildman–Crippen MR) is 92.8 cm³/mol. The number of nitrogens with zero attached hydrogens (tertiary/aromatic N) is 3. The molecule has 0 spiro atoms. The molecular formula is C19H25N3O. The molecule has 2 heterocycles. The molecule has 1 aromatic heterocycles. The summed E-state index contributed by atoms with van der Waals surface area (Å²) >= 11 is 0. The first kappa shape index (κ1) is 15.9. The fraction of sp³-hybridized carbons (Fsp3) is 0.474. The zero-order valence-corrected chi connectivity index (χ0v) is 14.0. The maximum Gasteiger partial charge on any atom is 0.154 e. The van der Waals surface area contributed by atoms with E-state index in [0.29, 0.717) is 12.5 Å². The fourth-order valence-electron chi connectivity index (χ4n) is 3.23. The molecule has 1 fully saturated rings. The number of rotatable bonds is 4. The first-order valence-corrected chi connectivity index (χ1v) is 8.41. The van der Waals surface area contributed by atoms with Gasteiger partial charge in [0.2, 0.25) is 0 Å². The van der Waals surface area contributed by atoms with Crippen molar-refractivity contribution in [3.63, 3.8) is 0 Å². The molecule has 0 radical (unpaired) electrons. The Morgan fingerprint density at radius 2 is 1.74 bits per heavy atom. The van der Waals surface area contributed by atoms with Gasteiger partial charge in [0.15, 0.2) is 5.82 Å². The zero-order chi connectivity index (χ0) is 16.2. The van der Waals surface area contributed by atoms with Gasteiger partial charge < -0.3 is 10.0 Å². The van der Waals surface area contributed by atoms with Gasteiger partial charge in [0.25, 0.3) is 0 Å².